The van der Waals surface area contributed by atoms with Crippen LogP contribution in [0.4, 0.5) is 5.69 Å². The first-order valence-corrected chi connectivity index (χ1v) is 9.08. The average molecular weight is 378 g/mol. The second-order valence-electron chi connectivity index (χ2n) is 6.72. The molecule has 0 bridgehead atoms. The quantitative estimate of drug-likeness (QED) is 0.513. The average Bonchev–Trinajstić information content (AvgIpc) is 3.10. The van der Waals surface area contributed by atoms with Gasteiger partial charge in [0, 0.05) is 41.6 Å². The summed E-state index contributed by atoms with van der Waals surface area (Å²) in [5.74, 6) is -0.251. The van der Waals surface area contributed by atoms with E-state index in [1.54, 1.807) is 6.07 Å². The SMILES string of the molecule is C=CC(=O)Nc1cccc(-c2cnc3c(c2)c(-c2cccc(C#N)c2)cn3C)c1. The van der Waals surface area contributed by atoms with Gasteiger partial charge in [-0.1, -0.05) is 30.8 Å². The Bertz CT molecular complexity index is 1290. The van der Waals surface area contributed by atoms with Gasteiger partial charge in [0.05, 0.1) is 11.6 Å². The van der Waals surface area contributed by atoms with Crippen LogP contribution in [0.3, 0.4) is 0 Å². The molecule has 4 aromatic rings. The molecule has 0 aliphatic rings. The van der Waals surface area contributed by atoms with Gasteiger partial charge in [0.25, 0.3) is 0 Å². The second kappa shape index (κ2) is 7.45. The fourth-order valence-corrected chi connectivity index (χ4v) is 3.38. The molecule has 1 amide bonds. The normalized spacial score (nSPS) is 10.5. The number of amides is 1. The molecule has 0 radical (unpaired) electrons. The zero-order chi connectivity index (χ0) is 20.4. The molecule has 5 heteroatoms. The Labute approximate surface area is 168 Å². The summed E-state index contributed by atoms with van der Waals surface area (Å²) in [7, 11) is 1.96. The fourth-order valence-electron chi connectivity index (χ4n) is 3.38. The molecule has 0 atom stereocenters. The van der Waals surface area contributed by atoms with Crippen LogP contribution < -0.4 is 5.32 Å². The minimum absolute atomic E-state index is 0.251. The maximum Gasteiger partial charge on any atom is 0.247 e. The smallest absolute Gasteiger partial charge is 0.247 e. The molecule has 0 aliphatic heterocycles. The van der Waals surface area contributed by atoms with Crippen LogP contribution in [0.2, 0.25) is 0 Å². The number of nitrogens with zero attached hydrogens (tertiary/aromatic N) is 3. The number of carbonyl (C=O) groups is 1. The van der Waals surface area contributed by atoms with Gasteiger partial charge in [0.1, 0.15) is 5.65 Å². The van der Waals surface area contributed by atoms with Crippen LogP contribution in [0, 0.1) is 11.3 Å². The maximum atomic E-state index is 11.6. The Hall–Kier alpha value is -4.17. The van der Waals surface area contributed by atoms with E-state index >= 15 is 0 Å². The lowest BCUT2D eigenvalue weighted by atomic mass is 10.0. The van der Waals surface area contributed by atoms with Gasteiger partial charge in [-0.25, -0.2) is 4.98 Å². The minimum Gasteiger partial charge on any atom is -0.335 e. The first-order valence-electron chi connectivity index (χ1n) is 9.08. The molecule has 29 heavy (non-hydrogen) atoms. The number of nitrogens with one attached hydrogen (secondary N) is 1. The number of pyridine rings is 1. The number of carbonyl (C=O) groups excluding carboxylic acids is 1. The molecular formula is C24H18N4O. The summed E-state index contributed by atoms with van der Waals surface area (Å²) in [6.45, 7) is 3.48. The number of anilines is 1. The van der Waals surface area contributed by atoms with Crippen LogP contribution in [0.25, 0.3) is 33.3 Å². The highest BCUT2D eigenvalue weighted by atomic mass is 16.1. The summed E-state index contributed by atoms with van der Waals surface area (Å²) < 4.78 is 1.98. The Kier molecular flexibility index (Phi) is 4.68. The van der Waals surface area contributed by atoms with Crippen LogP contribution in [-0.2, 0) is 11.8 Å². The van der Waals surface area contributed by atoms with Crippen molar-refractivity contribution in [1.29, 1.82) is 5.26 Å². The fraction of sp³-hybridized carbons (Fsp3) is 0.0417. The summed E-state index contributed by atoms with van der Waals surface area (Å²) in [6.07, 6.45) is 5.09. The van der Waals surface area contributed by atoms with Gasteiger partial charge in [-0.2, -0.15) is 5.26 Å². The summed E-state index contributed by atoms with van der Waals surface area (Å²) >= 11 is 0. The monoisotopic (exact) mass is 378 g/mol. The van der Waals surface area contributed by atoms with E-state index in [1.807, 2.05) is 66.5 Å². The third-order valence-electron chi connectivity index (χ3n) is 4.77. The van der Waals surface area contributed by atoms with Gasteiger partial charge in [0.2, 0.25) is 5.91 Å². The highest BCUT2D eigenvalue weighted by Crippen LogP contribution is 2.33. The summed E-state index contributed by atoms with van der Waals surface area (Å²) in [4.78, 5) is 16.2. The van der Waals surface area contributed by atoms with Crippen molar-refractivity contribution in [2.24, 2.45) is 7.05 Å². The van der Waals surface area contributed by atoms with Crippen molar-refractivity contribution in [3.8, 4) is 28.3 Å². The standard InChI is InChI=1S/C24H18N4O/c1-3-23(29)27-20-9-5-7-17(11-20)19-12-21-22(15-28(2)24(21)26-14-19)18-8-4-6-16(10-18)13-25/h3-12,14-15H,1H2,2H3,(H,27,29). The van der Waals surface area contributed by atoms with Crippen molar-refractivity contribution in [3.63, 3.8) is 0 Å². The Balaban J connectivity index is 1.82. The molecule has 5 nitrogen and oxygen atoms in total. The van der Waals surface area contributed by atoms with Gasteiger partial charge in [-0.3, -0.25) is 4.79 Å². The molecule has 140 valence electrons. The van der Waals surface area contributed by atoms with Crippen molar-refractivity contribution in [1.82, 2.24) is 9.55 Å². The molecular weight excluding hydrogens is 360 g/mol. The predicted molar refractivity (Wildman–Crippen MR) is 115 cm³/mol. The van der Waals surface area contributed by atoms with Crippen molar-refractivity contribution in [2.45, 2.75) is 0 Å². The van der Waals surface area contributed by atoms with Crippen LogP contribution in [-0.4, -0.2) is 15.5 Å². The topological polar surface area (TPSA) is 70.7 Å². The zero-order valence-corrected chi connectivity index (χ0v) is 15.9. The Morgan fingerprint density at radius 2 is 1.93 bits per heavy atom. The van der Waals surface area contributed by atoms with E-state index in [1.165, 1.54) is 6.08 Å². The van der Waals surface area contributed by atoms with E-state index in [-0.39, 0.29) is 5.91 Å². The van der Waals surface area contributed by atoms with Gasteiger partial charge >= 0.3 is 0 Å². The van der Waals surface area contributed by atoms with Gasteiger partial charge in [-0.05, 0) is 47.5 Å². The zero-order valence-electron chi connectivity index (χ0n) is 15.9. The maximum absolute atomic E-state index is 11.6. The number of fused-ring (bicyclic) bond motifs is 1. The summed E-state index contributed by atoms with van der Waals surface area (Å²) in [6, 6.07) is 19.4. The van der Waals surface area contributed by atoms with E-state index in [0.29, 0.717) is 11.3 Å². The van der Waals surface area contributed by atoms with Crippen LogP contribution in [0.15, 0.2) is 79.6 Å². The molecule has 0 spiro atoms. The van der Waals surface area contributed by atoms with E-state index in [4.69, 9.17) is 0 Å². The summed E-state index contributed by atoms with van der Waals surface area (Å²) in [5, 5.41) is 13.0. The first kappa shape index (κ1) is 18.2. The lowest BCUT2D eigenvalue weighted by Crippen LogP contribution is -2.06. The molecule has 2 aromatic heterocycles. The molecule has 2 aromatic carbocycles. The van der Waals surface area contributed by atoms with Crippen molar-refractivity contribution < 1.29 is 4.79 Å². The second-order valence-corrected chi connectivity index (χ2v) is 6.72. The van der Waals surface area contributed by atoms with Gasteiger partial charge in [0.15, 0.2) is 0 Å². The molecule has 0 saturated carbocycles. The number of aryl methyl sites for hydroxylation is 1. The van der Waals surface area contributed by atoms with E-state index in [9.17, 15) is 10.1 Å². The number of hydrogen-bond donors (Lipinski definition) is 1. The lowest BCUT2D eigenvalue weighted by molar-refractivity contribution is -0.111. The van der Waals surface area contributed by atoms with Gasteiger partial charge < -0.3 is 9.88 Å². The largest absolute Gasteiger partial charge is 0.335 e. The van der Waals surface area contributed by atoms with Crippen LogP contribution in [0.1, 0.15) is 5.56 Å². The number of benzene rings is 2. The van der Waals surface area contributed by atoms with Crippen LogP contribution >= 0.6 is 0 Å². The van der Waals surface area contributed by atoms with E-state index in [0.717, 1.165) is 33.3 Å². The van der Waals surface area contributed by atoms with E-state index in [2.05, 4.69) is 29.0 Å². The number of hydrogen-bond acceptors (Lipinski definition) is 3. The van der Waals surface area contributed by atoms with Gasteiger partial charge in [-0.15, -0.1) is 0 Å². The summed E-state index contributed by atoms with van der Waals surface area (Å²) in [5.41, 5.74) is 6.06. The molecule has 4 rings (SSSR count). The molecule has 0 saturated heterocycles. The molecule has 0 fully saturated rings. The Morgan fingerprint density at radius 1 is 1.14 bits per heavy atom. The third kappa shape index (κ3) is 3.52. The molecule has 2 heterocycles. The minimum atomic E-state index is -0.251. The first-order chi connectivity index (χ1) is 14.1. The van der Waals surface area contributed by atoms with Crippen molar-refractivity contribution in [3.05, 3.63) is 85.2 Å². The molecule has 1 N–H and O–H groups in total. The third-order valence-corrected chi connectivity index (χ3v) is 4.77. The number of nitriles is 1. The lowest BCUT2D eigenvalue weighted by Gasteiger charge is -2.07. The molecule has 0 unspecified atom stereocenters. The molecule has 0 aliphatic carbocycles. The predicted octanol–water partition coefficient (Wildman–Crippen LogP) is 4.90. The van der Waals surface area contributed by atoms with Crippen LogP contribution in [0.5, 0.6) is 0 Å². The van der Waals surface area contributed by atoms with E-state index < -0.39 is 0 Å². The highest BCUT2D eigenvalue weighted by molar-refractivity contribution is 6.00. The highest BCUT2D eigenvalue weighted by Gasteiger charge is 2.12. The number of rotatable bonds is 4. The van der Waals surface area contributed by atoms with Crippen molar-refractivity contribution in [2.75, 3.05) is 5.32 Å². The Morgan fingerprint density at radius 3 is 2.72 bits per heavy atom. The number of aromatic nitrogens is 2. The van der Waals surface area contributed by atoms with Crippen molar-refractivity contribution >= 4 is 22.6 Å².